The molecular formula is C16H27N3O. The Balaban J connectivity index is 2.11. The standard InChI is InChI=1S/C16H27N3O/c1-11(20)9-16(3,4)10-17-15-13-7-5-6-8-14(13)18-12(2)19-15/h11,20H,5-10H2,1-4H3,(H,17,18,19). The molecule has 0 aromatic carbocycles. The van der Waals surface area contributed by atoms with Crippen LogP contribution in [0.2, 0.25) is 0 Å². The van der Waals surface area contributed by atoms with E-state index in [0.29, 0.717) is 0 Å². The van der Waals surface area contributed by atoms with Crippen LogP contribution in [0.25, 0.3) is 0 Å². The third-order valence-electron chi connectivity index (χ3n) is 3.88. The van der Waals surface area contributed by atoms with Crippen molar-refractivity contribution in [2.24, 2.45) is 5.41 Å². The van der Waals surface area contributed by atoms with E-state index in [1.807, 2.05) is 13.8 Å². The van der Waals surface area contributed by atoms with Gasteiger partial charge in [-0.3, -0.25) is 0 Å². The normalized spacial score (nSPS) is 16.6. The number of fused-ring (bicyclic) bond motifs is 1. The van der Waals surface area contributed by atoms with Crippen molar-refractivity contribution < 1.29 is 5.11 Å². The van der Waals surface area contributed by atoms with Gasteiger partial charge < -0.3 is 10.4 Å². The summed E-state index contributed by atoms with van der Waals surface area (Å²) >= 11 is 0. The molecule has 0 aliphatic heterocycles. The van der Waals surface area contributed by atoms with Gasteiger partial charge in [-0.05, 0) is 51.4 Å². The summed E-state index contributed by atoms with van der Waals surface area (Å²) < 4.78 is 0. The lowest BCUT2D eigenvalue weighted by Crippen LogP contribution is -2.28. The summed E-state index contributed by atoms with van der Waals surface area (Å²) in [6.45, 7) is 8.97. The molecule has 0 bridgehead atoms. The lowest BCUT2D eigenvalue weighted by Gasteiger charge is -2.28. The lowest BCUT2D eigenvalue weighted by molar-refractivity contribution is 0.135. The number of hydrogen-bond acceptors (Lipinski definition) is 4. The molecular weight excluding hydrogens is 250 g/mol. The van der Waals surface area contributed by atoms with Crippen LogP contribution < -0.4 is 5.32 Å². The zero-order valence-corrected chi connectivity index (χ0v) is 13.2. The van der Waals surface area contributed by atoms with Crippen molar-refractivity contribution in [1.82, 2.24) is 9.97 Å². The molecule has 0 spiro atoms. The Labute approximate surface area is 122 Å². The lowest BCUT2D eigenvalue weighted by atomic mass is 9.87. The summed E-state index contributed by atoms with van der Waals surface area (Å²) in [4.78, 5) is 9.16. The predicted octanol–water partition coefficient (Wildman–Crippen LogP) is 2.87. The van der Waals surface area contributed by atoms with Gasteiger partial charge in [0.15, 0.2) is 0 Å². The fourth-order valence-electron chi connectivity index (χ4n) is 3.06. The summed E-state index contributed by atoms with van der Waals surface area (Å²) in [6.07, 6.45) is 5.13. The van der Waals surface area contributed by atoms with E-state index in [1.54, 1.807) is 0 Å². The van der Waals surface area contributed by atoms with Crippen molar-refractivity contribution in [2.75, 3.05) is 11.9 Å². The molecule has 0 radical (unpaired) electrons. The highest BCUT2D eigenvalue weighted by molar-refractivity contribution is 5.48. The fraction of sp³-hybridized carbons (Fsp3) is 0.750. The third kappa shape index (κ3) is 3.92. The van der Waals surface area contributed by atoms with Crippen molar-refractivity contribution in [2.45, 2.75) is 65.9 Å². The van der Waals surface area contributed by atoms with Crippen molar-refractivity contribution in [3.05, 3.63) is 17.1 Å². The van der Waals surface area contributed by atoms with E-state index in [-0.39, 0.29) is 11.5 Å². The summed E-state index contributed by atoms with van der Waals surface area (Å²) in [6, 6.07) is 0. The number of aliphatic hydroxyl groups excluding tert-OH is 1. The van der Waals surface area contributed by atoms with Gasteiger partial charge in [0.1, 0.15) is 11.6 Å². The maximum absolute atomic E-state index is 9.57. The van der Waals surface area contributed by atoms with Gasteiger partial charge in [0.25, 0.3) is 0 Å². The number of anilines is 1. The third-order valence-corrected chi connectivity index (χ3v) is 3.88. The van der Waals surface area contributed by atoms with E-state index in [1.165, 1.54) is 24.1 Å². The minimum absolute atomic E-state index is 0.0502. The van der Waals surface area contributed by atoms with Crippen molar-refractivity contribution in [3.8, 4) is 0 Å². The van der Waals surface area contributed by atoms with E-state index in [2.05, 4.69) is 29.1 Å². The number of aryl methyl sites for hydroxylation is 2. The minimum Gasteiger partial charge on any atom is -0.393 e. The van der Waals surface area contributed by atoms with Gasteiger partial charge in [0, 0.05) is 17.8 Å². The Morgan fingerprint density at radius 1 is 1.25 bits per heavy atom. The van der Waals surface area contributed by atoms with Crippen molar-refractivity contribution >= 4 is 5.82 Å². The Morgan fingerprint density at radius 2 is 1.95 bits per heavy atom. The Kier molecular flexibility index (Phi) is 4.63. The van der Waals surface area contributed by atoms with Gasteiger partial charge in [-0.1, -0.05) is 13.8 Å². The topological polar surface area (TPSA) is 58.0 Å². The number of rotatable bonds is 5. The number of nitrogens with zero attached hydrogens (tertiary/aromatic N) is 2. The van der Waals surface area contributed by atoms with Crippen molar-refractivity contribution in [3.63, 3.8) is 0 Å². The average Bonchev–Trinajstić information content (AvgIpc) is 2.34. The van der Waals surface area contributed by atoms with Gasteiger partial charge in [0.05, 0.1) is 6.10 Å². The largest absolute Gasteiger partial charge is 0.393 e. The molecule has 20 heavy (non-hydrogen) atoms. The van der Waals surface area contributed by atoms with E-state index in [9.17, 15) is 5.11 Å². The first-order valence-corrected chi connectivity index (χ1v) is 7.66. The number of aliphatic hydroxyl groups is 1. The smallest absolute Gasteiger partial charge is 0.133 e. The fourth-order valence-corrected chi connectivity index (χ4v) is 3.06. The highest BCUT2D eigenvalue weighted by atomic mass is 16.3. The number of aromatic nitrogens is 2. The second kappa shape index (κ2) is 6.08. The maximum atomic E-state index is 9.57. The molecule has 1 aromatic rings. The summed E-state index contributed by atoms with van der Waals surface area (Å²) in [5, 5.41) is 13.1. The molecule has 112 valence electrons. The molecule has 2 rings (SSSR count). The highest BCUT2D eigenvalue weighted by Crippen LogP contribution is 2.28. The highest BCUT2D eigenvalue weighted by Gasteiger charge is 2.22. The molecule has 0 fully saturated rings. The van der Waals surface area contributed by atoms with Gasteiger partial charge in [-0.2, -0.15) is 0 Å². The number of hydrogen-bond donors (Lipinski definition) is 2. The first-order chi connectivity index (χ1) is 9.37. The molecule has 1 aromatic heterocycles. The van der Waals surface area contributed by atoms with Crippen LogP contribution in [-0.4, -0.2) is 27.7 Å². The SMILES string of the molecule is Cc1nc2c(c(NCC(C)(C)CC(C)O)n1)CCCC2. The molecule has 0 saturated heterocycles. The maximum Gasteiger partial charge on any atom is 0.133 e. The molecule has 0 saturated carbocycles. The summed E-state index contributed by atoms with van der Waals surface area (Å²) in [5.41, 5.74) is 2.57. The van der Waals surface area contributed by atoms with Crippen LogP contribution in [0.5, 0.6) is 0 Å². The summed E-state index contributed by atoms with van der Waals surface area (Å²) in [5.74, 6) is 1.85. The van der Waals surface area contributed by atoms with Gasteiger partial charge in [0.2, 0.25) is 0 Å². The van der Waals surface area contributed by atoms with E-state index >= 15 is 0 Å². The Morgan fingerprint density at radius 3 is 2.65 bits per heavy atom. The van der Waals surface area contributed by atoms with Crippen molar-refractivity contribution in [1.29, 1.82) is 0 Å². The first kappa shape index (κ1) is 15.2. The van der Waals surface area contributed by atoms with Crippen LogP contribution in [0.1, 0.15) is 57.1 Å². The molecule has 1 atom stereocenters. The monoisotopic (exact) mass is 277 g/mol. The zero-order valence-electron chi connectivity index (χ0n) is 13.2. The molecule has 2 N–H and O–H groups in total. The zero-order chi connectivity index (χ0) is 14.8. The van der Waals surface area contributed by atoms with E-state index in [4.69, 9.17) is 0 Å². The van der Waals surface area contributed by atoms with E-state index in [0.717, 1.165) is 37.4 Å². The van der Waals surface area contributed by atoms with Crippen LogP contribution >= 0.6 is 0 Å². The molecule has 4 heteroatoms. The van der Waals surface area contributed by atoms with Gasteiger partial charge >= 0.3 is 0 Å². The van der Waals surface area contributed by atoms with Crippen LogP contribution in [0.3, 0.4) is 0 Å². The quantitative estimate of drug-likeness (QED) is 0.869. The number of nitrogens with one attached hydrogen (secondary N) is 1. The molecule has 1 aliphatic rings. The van der Waals surface area contributed by atoms with Crippen LogP contribution in [-0.2, 0) is 12.8 Å². The average molecular weight is 277 g/mol. The van der Waals surface area contributed by atoms with Gasteiger partial charge in [-0.15, -0.1) is 0 Å². The predicted molar refractivity (Wildman–Crippen MR) is 82.0 cm³/mol. The molecule has 0 amide bonds. The first-order valence-electron chi connectivity index (χ1n) is 7.66. The second-order valence-electron chi connectivity index (χ2n) is 6.82. The molecule has 4 nitrogen and oxygen atoms in total. The second-order valence-corrected chi connectivity index (χ2v) is 6.82. The van der Waals surface area contributed by atoms with Crippen LogP contribution in [0, 0.1) is 12.3 Å². The molecule has 1 heterocycles. The van der Waals surface area contributed by atoms with Crippen LogP contribution in [0.4, 0.5) is 5.82 Å². The molecule has 1 aliphatic carbocycles. The Bertz CT molecular complexity index is 469. The van der Waals surface area contributed by atoms with E-state index < -0.39 is 0 Å². The Hall–Kier alpha value is -1.16. The molecule has 1 unspecified atom stereocenters. The van der Waals surface area contributed by atoms with Crippen LogP contribution in [0.15, 0.2) is 0 Å². The van der Waals surface area contributed by atoms with Gasteiger partial charge in [-0.25, -0.2) is 9.97 Å². The summed E-state index contributed by atoms with van der Waals surface area (Å²) in [7, 11) is 0. The minimum atomic E-state index is -0.271.